The summed E-state index contributed by atoms with van der Waals surface area (Å²) in [6, 6.07) is -0.803. The van der Waals surface area contributed by atoms with E-state index in [0.29, 0.717) is 23.9 Å². The zero-order valence-electron chi connectivity index (χ0n) is 51.9. The van der Waals surface area contributed by atoms with E-state index in [1.807, 2.05) is 21.1 Å². The molecule has 0 fully saturated rings. The van der Waals surface area contributed by atoms with E-state index >= 15 is 0 Å². The molecule has 0 saturated heterocycles. The van der Waals surface area contributed by atoms with Gasteiger partial charge in [-0.05, 0) is 70.6 Å². The van der Waals surface area contributed by atoms with Crippen molar-refractivity contribution in [2.45, 2.75) is 309 Å². The summed E-state index contributed by atoms with van der Waals surface area (Å²) in [5.74, 6) is -0.163. The fourth-order valence-corrected chi connectivity index (χ4v) is 10.3. The maximum atomic E-state index is 13.0. The summed E-state index contributed by atoms with van der Waals surface area (Å²) >= 11 is 0. The molecule has 0 aromatic carbocycles. The summed E-state index contributed by atoms with van der Waals surface area (Å²) in [5, 5.41) is 14.0. The Labute approximate surface area is 484 Å². The Balaban J connectivity index is 3.98. The average Bonchev–Trinajstić information content (AvgIpc) is 3.40. The Bertz CT molecular complexity index is 1550. The van der Waals surface area contributed by atoms with Crippen LogP contribution in [-0.2, 0) is 18.4 Å². The monoisotopic (exact) mass is 1110 g/mol. The van der Waals surface area contributed by atoms with Crippen LogP contribution in [0.4, 0.5) is 0 Å². The van der Waals surface area contributed by atoms with Crippen LogP contribution < -0.4 is 10.2 Å². The number of carbonyl (C=O) groups is 1. The molecule has 454 valence electrons. The first-order valence-corrected chi connectivity index (χ1v) is 34.4. The van der Waals surface area contributed by atoms with Crippen LogP contribution in [0.3, 0.4) is 0 Å². The Hall–Kier alpha value is -2.32. The van der Waals surface area contributed by atoms with E-state index in [-0.39, 0.29) is 19.1 Å². The van der Waals surface area contributed by atoms with Gasteiger partial charge in [-0.25, -0.2) is 0 Å². The minimum Gasteiger partial charge on any atom is -0.756 e. The molecule has 9 heteroatoms. The Morgan fingerprint density at radius 1 is 0.462 bits per heavy atom. The Morgan fingerprint density at radius 3 is 1.14 bits per heavy atom. The third kappa shape index (κ3) is 61.3. The zero-order chi connectivity index (χ0) is 57.0. The largest absolute Gasteiger partial charge is 0.756 e. The predicted molar refractivity (Wildman–Crippen MR) is 339 cm³/mol. The molecule has 3 atom stereocenters. The number of hydrogen-bond acceptors (Lipinski definition) is 6. The van der Waals surface area contributed by atoms with Crippen LogP contribution in [0, 0.1) is 0 Å². The van der Waals surface area contributed by atoms with Gasteiger partial charge in [0.2, 0.25) is 5.91 Å². The number of rotatable bonds is 60. The van der Waals surface area contributed by atoms with Gasteiger partial charge in [-0.15, -0.1) is 0 Å². The number of quaternary nitrogens is 1. The number of allylic oxidation sites excluding steroid dienone is 14. The van der Waals surface area contributed by atoms with E-state index in [9.17, 15) is 19.4 Å². The van der Waals surface area contributed by atoms with Crippen LogP contribution >= 0.6 is 7.82 Å². The lowest BCUT2D eigenvalue weighted by molar-refractivity contribution is -0.870. The number of phosphoric acid groups is 1. The average molecular weight is 1110 g/mol. The van der Waals surface area contributed by atoms with Gasteiger partial charge in [-0.2, -0.15) is 0 Å². The molecule has 1 amide bonds. The molecule has 0 aromatic rings. The van der Waals surface area contributed by atoms with Crippen LogP contribution in [0.2, 0.25) is 0 Å². The molecule has 78 heavy (non-hydrogen) atoms. The molecule has 0 saturated carbocycles. The minimum absolute atomic E-state index is 0.0114. The minimum atomic E-state index is -4.58. The van der Waals surface area contributed by atoms with Crippen molar-refractivity contribution >= 4 is 13.7 Å². The number of nitrogens with zero attached hydrogens (tertiary/aromatic N) is 1. The van der Waals surface area contributed by atoms with Crippen LogP contribution in [-0.4, -0.2) is 68.5 Å². The van der Waals surface area contributed by atoms with E-state index in [0.717, 1.165) is 83.5 Å². The smallest absolute Gasteiger partial charge is 0.268 e. The SMILES string of the molecule is CC/C=C\C/C=C\C/C=C\C/C=C\C/C=C\C/C=C\C/C=C\CCCCCCCCCCCCCCCCCCCC(=O)NC(COP(=O)([O-])OCC[N+](C)(C)C)C(O)CCCCCCCCCCCCCCCCCCC. The zero-order valence-corrected chi connectivity index (χ0v) is 52.7. The van der Waals surface area contributed by atoms with Crippen molar-refractivity contribution in [3.8, 4) is 0 Å². The molecule has 0 aliphatic heterocycles. The number of carbonyl (C=O) groups excluding carboxylic acids is 1. The first kappa shape index (κ1) is 75.7. The van der Waals surface area contributed by atoms with Crippen molar-refractivity contribution in [2.24, 2.45) is 0 Å². The van der Waals surface area contributed by atoms with Gasteiger partial charge in [-0.1, -0.05) is 304 Å². The molecular formula is C69H127N2O6P. The van der Waals surface area contributed by atoms with Gasteiger partial charge in [0.1, 0.15) is 13.2 Å². The Morgan fingerprint density at radius 2 is 0.782 bits per heavy atom. The number of aliphatic hydroxyl groups excluding tert-OH is 1. The topological polar surface area (TPSA) is 108 Å². The van der Waals surface area contributed by atoms with Gasteiger partial charge in [0, 0.05) is 6.42 Å². The number of aliphatic hydroxyl groups is 1. The summed E-state index contributed by atoms with van der Waals surface area (Å²) in [6.07, 6.45) is 83.6. The van der Waals surface area contributed by atoms with Crippen LogP contribution in [0.25, 0.3) is 0 Å². The van der Waals surface area contributed by atoms with Crippen molar-refractivity contribution < 1.29 is 32.9 Å². The van der Waals surface area contributed by atoms with E-state index in [2.05, 4.69) is 104 Å². The molecule has 8 nitrogen and oxygen atoms in total. The number of likely N-dealkylation sites (N-methyl/N-ethyl adjacent to an activating group) is 1. The fraction of sp³-hybridized carbons (Fsp3) is 0.783. The summed E-state index contributed by atoms with van der Waals surface area (Å²) in [5.41, 5.74) is 0. The molecule has 0 aromatic heterocycles. The molecule has 0 heterocycles. The van der Waals surface area contributed by atoms with Crippen molar-refractivity contribution in [3.05, 3.63) is 85.1 Å². The van der Waals surface area contributed by atoms with Crippen LogP contribution in [0.5, 0.6) is 0 Å². The summed E-state index contributed by atoms with van der Waals surface area (Å²) < 4.78 is 23.5. The molecule has 2 N–H and O–H groups in total. The standard InChI is InChI=1S/C69H127N2O6P/c1-6-8-10-12-14-16-18-20-22-24-25-26-27-28-29-30-31-32-33-34-35-36-37-38-39-40-41-42-43-44-45-47-49-51-53-55-57-59-61-63-69(73)70-67(66-77-78(74,75)76-65-64-71(3,4)5)68(72)62-60-58-56-54-52-50-48-46-23-21-19-17-15-13-11-9-7-2/h8,10,14,16,20,22,25-26,28-29,31-32,34-35,67-68,72H,6-7,9,11-13,15,17-19,21,23-24,27,30,33,36-66H2,1-5H3,(H-,70,73,74,75)/b10-8-,16-14-,22-20-,26-25-,29-28-,32-31-,35-34-. The molecule has 0 aliphatic rings. The van der Waals surface area contributed by atoms with E-state index in [1.165, 1.54) is 186 Å². The highest BCUT2D eigenvalue weighted by Gasteiger charge is 2.24. The van der Waals surface area contributed by atoms with E-state index < -0.39 is 20.0 Å². The quantitative estimate of drug-likeness (QED) is 0.0272. The van der Waals surface area contributed by atoms with Gasteiger partial charge in [-0.3, -0.25) is 9.36 Å². The van der Waals surface area contributed by atoms with Crippen molar-refractivity contribution in [1.82, 2.24) is 5.32 Å². The molecule has 0 aliphatic carbocycles. The number of hydrogen-bond donors (Lipinski definition) is 2. The lowest BCUT2D eigenvalue weighted by Gasteiger charge is -2.30. The molecule has 0 spiro atoms. The van der Waals surface area contributed by atoms with Crippen molar-refractivity contribution in [1.29, 1.82) is 0 Å². The number of amides is 1. The highest BCUT2D eigenvalue weighted by Crippen LogP contribution is 2.38. The number of unbranched alkanes of at least 4 members (excludes halogenated alkanes) is 33. The molecule has 3 unspecified atom stereocenters. The molecule has 0 rings (SSSR count). The maximum absolute atomic E-state index is 13.0. The van der Waals surface area contributed by atoms with Gasteiger partial charge >= 0.3 is 0 Å². The molecule has 0 radical (unpaired) electrons. The second-order valence-corrected chi connectivity index (χ2v) is 24.9. The van der Waals surface area contributed by atoms with Gasteiger partial charge in [0.25, 0.3) is 7.82 Å². The molecule has 0 bridgehead atoms. The lowest BCUT2D eigenvalue weighted by Crippen LogP contribution is -2.46. The van der Waals surface area contributed by atoms with E-state index in [1.54, 1.807) is 0 Å². The van der Waals surface area contributed by atoms with Gasteiger partial charge in [0.15, 0.2) is 0 Å². The van der Waals surface area contributed by atoms with Crippen molar-refractivity contribution in [2.75, 3.05) is 40.9 Å². The van der Waals surface area contributed by atoms with Crippen LogP contribution in [0.15, 0.2) is 85.1 Å². The fourth-order valence-electron chi connectivity index (χ4n) is 9.55. The number of phosphoric ester groups is 1. The maximum Gasteiger partial charge on any atom is 0.268 e. The van der Waals surface area contributed by atoms with Gasteiger partial charge < -0.3 is 28.8 Å². The van der Waals surface area contributed by atoms with E-state index in [4.69, 9.17) is 9.05 Å². The van der Waals surface area contributed by atoms with Gasteiger partial charge in [0.05, 0.1) is 39.9 Å². The summed E-state index contributed by atoms with van der Waals surface area (Å²) in [4.78, 5) is 25.6. The molecular weight excluding hydrogens is 984 g/mol. The predicted octanol–water partition coefficient (Wildman–Crippen LogP) is 20.1. The first-order valence-electron chi connectivity index (χ1n) is 32.9. The summed E-state index contributed by atoms with van der Waals surface area (Å²) in [6.45, 7) is 4.63. The highest BCUT2D eigenvalue weighted by atomic mass is 31.2. The third-order valence-electron chi connectivity index (χ3n) is 14.6. The highest BCUT2D eigenvalue weighted by molar-refractivity contribution is 7.45. The number of nitrogens with one attached hydrogen (secondary N) is 1. The lowest BCUT2D eigenvalue weighted by atomic mass is 10.0. The normalized spacial score (nSPS) is 14.3. The first-order chi connectivity index (χ1) is 38.0. The van der Waals surface area contributed by atoms with Crippen LogP contribution in [0.1, 0.15) is 296 Å². The Kier molecular flexibility index (Phi) is 57.5. The van der Waals surface area contributed by atoms with Crippen molar-refractivity contribution in [3.63, 3.8) is 0 Å². The second kappa shape index (κ2) is 59.3. The third-order valence-corrected chi connectivity index (χ3v) is 15.6. The second-order valence-electron chi connectivity index (χ2n) is 23.4. The summed E-state index contributed by atoms with van der Waals surface area (Å²) in [7, 11) is 1.31.